The summed E-state index contributed by atoms with van der Waals surface area (Å²) in [5.74, 6) is 2.05. The van der Waals surface area contributed by atoms with Gasteiger partial charge in [0.2, 0.25) is 0 Å². The van der Waals surface area contributed by atoms with E-state index in [9.17, 15) is 0 Å². The zero-order valence-corrected chi connectivity index (χ0v) is 10.7. The van der Waals surface area contributed by atoms with Crippen molar-refractivity contribution >= 4 is 0 Å². The lowest BCUT2D eigenvalue weighted by molar-refractivity contribution is 0.290. The smallest absolute Gasteiger partial charge is 0.120 e. The number of nitrogens with one attached hydrogen (secondary N) is 1. The van der Waals surface area contributed by atoms with Gasteiger partial charge in [0.1, 0.15) is 11.5 Å². The lowest BCUT2D eigenvalue weighted by Crippen LogP contribution is -2.31. The molecule has 1 N–H and O–H groups in total. The molecule has 1 saturated carbocycles. The van der Waals surface area contributed by atoms with Gasteiger partial charge in [-0.1, -0.05) is 19.8 Å². The molecule has 2 rings (SSSR count). The van der Waals surface area contributed by atoms with Crippen molar-refractivity contribution in [1.82, 2.24) is 5.32 Å². The Morgan fingerprint density at radius 3 is 2.62 bits per heavy atom. The maximum Gasteiger partial charge on any atom is 0.120 e. The Morgan fingerprint density at radius 2 is 2.06 bits per heavy atom. The zero-order valence-electron chi connectivity index (χ0n) is 10.7. The molecule has 90 valence electrons. The van der Waals surface area contributed by atoms with E-state index in [0.29, 0.717) is 11.5 Å². The van der Waals surface area contributed by atoms with Crippen LogP contribution in [0.4, 0.5) is 0 Å². The van der Waals surface area contributed by atoms with Crippen molar-refractivity contribution < 1.29 is 4.42 Å². The summed E-state index contributed by atoms with van der Waals surface area (Å²) >= 11 is 0. The maximum atomic E-state index is 5.63. The Bertz CT molecular complexity index is 336. The molecule has 0 aliphatic heterocycles. The molecule has 0 bridgehead atoms. The van der Waals surface area contributed by atoms with Crippen LogP contribution in [-0.2, 0) is 0 Å². The molecule has 1 aliphatic rings. The van der Waals surface area contributed by atoms with E-state index in [1.165, 1.54) is 25.7 Å². The van der Waals surface area contributed by atoms with Crippen molar-refractivity contribution in [3.63, 3.8) is 0 Å². The second-order valence-corrected chi connectivity index (χ2v) is 5.57. The van der Waals surface area contributed by atoms with E-state index in [4.69, 9.17) is 4.42 Å². The lowest BCUT2D eigenvalue weighted by Gasteiger charge is -2.25. The Hall–Kier alpha value is -0.760. The highest BCUT2D eigenvalue weighted by Gasteiger charge is 2.28. The van der Waals surface area contributed by atoms with Crippen LogP contribution in [0.1, 0.15) is 57.1 Å². The Balaban J connectivity index is 1.86. The van der Waals surface area contributed by atoms with Crippen LogP contribution in [0.5, 0.6) is 0 Å². The highest BCUT2D eigenvalue weighted by Crippen LogP contribution is 2.37. The molecule has 1 aliphatic carbocycles. The topological polar surface area (TPSA) is 25.2 Å². The minimum atomic E-state index is 0.325. The fraction of sp³-hybridized carbons (Fsp3) is 0.714. The van der Waals surface area contributed by atoms with E-state index in [-0.39, 0.29) is 0 Å². The van der Waals surface area contributed by atoms with Gasteiger partial charge in [-0.2, -0.15) is 0 Å². The first-order valence-electron chi connectivity index (χ1n) is 6.39. The summed E-state index contributed by atoms with van der Waals surface area (Å²) in [5.41, 5.74) is 0.510. The maximum absolute atomic E-state index is 5.63. The van der Waals surface area contributed by atoms with E-state index in [0.717, 1.165) is 18.1 Å². The van der Waals surface area contributed by atoms with Crippen molar-refractivity contribution in [1.29, 1.82) is 0 Å². The largest absolute Gasteiger partial charge is 0.465 e. The van der Waals surface area contributed by atoms with Crippen LogP contribution in [-0.4, -0.2) is 6.54 Å². The fourth-order valence-electron chi connectivity index (χ4n) is 2.59. The van der Waals surface area contributed by atoms with Gasteiger partial charge in [0.25, 0.3) is 0 Å². The average molecular weight is 221 g/mol. The number of hydrogen-bond acceptors (Lipinski definition) is 2. The molecule has 2 nitrogen and oxygen atoms in total. The molecule has 0 spiro atoms. The third kappa shape index (κ3) is 2.67. The average Bonchev–Trinajstić information content (AvgIpc) is 2.85. The Kier molecular flexibility index (Phi) is 3.38. The van der Waals surface area contributed by atoms with Gasteiger partial charge in [0.15, 0.2) is 0 Å². The van der Waals surface area contributed by atoms with E-state index >= 15 is 0 Å². The Labute approximate surface area is 98.4 Å². The van der Waals surface area contributed by atoms with Gasteiger partial charge in [0, 0.05) is 6.54 Å². The van der Waals surface area contributed by atoms with Crippen LogP contribution in [0.3, 0.4) is 0 Å². The molecule has 16 heavy (non-hydrogen) atoms. The summed E-state index contributed by atoms with van der Waals surface area (Å²) in [6.07, 6.45) is 5.52. The third-order valence-corrected chi connectivity index (χ3v) is 3.83. The fourth-order valence-corrected chi connectivity index (χ4v) is 2.59. The SMILES string of the molecule is Cc1ccc(C(C)NCC2(C)CCCC2)o1. The normalized spacial score (nSPS) is 21.2. The van der Waals surface area contributed by atoms with Crippen molar-refractivity contribution in [2.45, 2.75) is 52.5 Å². The summed E-state index contributed by atoms with van der Waals surface area (Å²) in [7, 11) is 0. The molecule has 2 heteroatoms. The van der Waals surface area contributed by atoms with Crippen LogP contribution in [0.15, 0.2) is 16.5 Å². The van der Waals surface area contributed by atoms with Gasteiger partial charge in [0.05, 0.1) is 6.04 Å². The lowest BCUT2D eigenvalue weighted by atomic mass is 9.88. The monoisotopic (exact) mass is 221 g/mol. The first-order chi connectivity index (χ1) is 7.59. The predicted octanol–water partition coefficient (Wildman–Crippen LogP) is 3.82. The minimum Gasteiger partial charge on any atom is -0.465 e. The molecule has 0 radical (unpaired) electrons. The zero-order chi connectivity index (χ0) is 11.6. The van der Waals surface area contributed by atoms with E-state index in [1.807, 2.05) is 13.0 Å². The molecule has 1 aromatic rings. The van der Waals surface area contributed by atoms with Crippen molar-refractivity contribution in [2.24, 2.45) is 5.41 Å². The molecule has 1 aromatic heterocycles. The first kappa shape index (κ1) is 11.7. The molecule has 1 atom stereocenters. The summed E-state index contributed by atoms with van der Waals surface area (Å²) in [5, 5.41) is 3.60. The standard InChI is InChI=1S/C14H23NO/c1-11-6-7-13(16-11)12(2)15-10-14(3)8-4-5-9-14/h6-7,12,15H,4-5,8-10H2,1-3H3. The summed E-state index contributed by atoms with van der Waals surface area (Å²) in [4.78, 5) is 0. The second kappa shape index (κ2) is 4.62. The first-order valence-corrected chi connectivity index (χ1v) is 6.39. The Morgan fingerprint density at radius 1 is 1.38 bits per heavy atom. The highest BCUT2D eigenvalue weighted by molar-refractivity contribution is 5.09. The van der Waals surface area contributed by atoms with Crippen molar-refractivity contribution in [3.05, 3.63) is 23.7 Å². The van der Waals surface area contributed by atoms with Gasteiger partial charge >= 0.3 is 0 Å². The summed E-state index contributed by atoms with van der Waals surface area (Å²) in [6, 6.07) is 4.43. The molecule has 0 amide bonds. The number of hydrogen-bond donors (Lipinski definition) is 1. The molecule has 0 aromatic carbocycles. The van der Waals surface area contributed by atoms with E-state index < -0.39 is 0 Å². The number of furan rings is 1. The second-order valence-electron chi connectivity index (χ2n) is 5.57. The summed E-state index contributed by atoms with van der Waals surface area (Å²) in [6.45, 7) is 7.67. The molecule has 1 heterocycles. The van der Waals surface area contributed by atoms with Crippen LogP contribution in [0.2, 0.25) is 0 Å². The van der Waals surface area contributed by atoms with Crippen molar-refractivity contribution in [2.75, 3.05) is 6.54 Å². The number of rotatable bonds is 4. The molecule has 1 fully saturated rings. The van der Waals surface area contributed by atoms with Crippen LogP contribution >= 0.6 is 0 Å². The molecular weight excluding hydrogens is 198 g/mol. The van der Waals surface area contributed by atoms with Gasteiger partial charge in [-0.25, -0.2) is 0 Å². The van der Waals surface area contributed by atoms with Gasteiger partial charge in [-0.15, -0.1) is 0 Å². The van der Waals surface area contributed by atoms with Gasteiger partial charge in [-0.05, 0) is 44.2 Å². The van der Waals surface area contributed by atoms with Crippen LogP contribution in [0.25, 0.3) is 0 Å². The van der Waals surface area contributed by atoms with E-state index in [2.05, 4.69) is 25.2 Å². The highest BCUT2D eigenvalue weighted by atomic mass is 16.3. The van der Waals surface area contributed by atoms with E-state index in [1.54, 1.807) is 0 Å². The van der Waals surface area contributed by atoms with Gasteiger partial charge < -0.3 is 9.73 Å². The molecular formula is C14H23NO. The molecule has 0 saturated heterocycles. The van der Waals surface area contributed by atoms with Crippen LogP contribution < -0.4 is 5.32 Å². The van der Waals surface area contributed by atoms with Crippen molar-refractivity contribution in [3.8, 4) is 0 Å². The summed E-state index contributed by atoms with van der Waals surface area (Å²) < 4.78 is 5.63. The number of aryl methyl sites for hydroxylation is 1. The quantitative estimate of drug-likeness (QED) is 0.836. The minimum absolute atomic E-state index is 0.325. The molecule has 1 unspecified atom stereocenters. The van der Waals surface area contributed by atoms with Crippen LogP contribution in [0, 0.1) is 12.3 Å². The third-order valence-electron chi connectivity index (χ3n) is 3.83. The van der Waals surface area contributed by atoms with Gasteiger partial charge in [-0.3, -0.25) is 0 Å². The predicted molar refractivity (Wildman–Crippen MR) is 66.4 cm³/mol.